The van der Waals surface area contributed by atoms with E-state index in [9.17, 15) is 0 Å². The Morgan fingerprint density at radius 1 is 1.10 bits per heavy atom. The molecule has 3 nitrogen and oxygen atoms in total. The predicted molar refractivity (Wildman–Crippen MR) is 88.3 cm³/mol. The van der Waals surface area contributed by atoms with Crippen LogP contribution in [-0.4, -0.2) is 49.1 Å². The van der Waals surface area contributed by atoms with Crippen LogP contribution in [0.1, 0.15) is 36.8 Å². The molecule has 2 fully saturated rings. The molecule has 1 aliphatic carbocycles. The average Bonchev–Trinajstić information content (AvgIpc) is 3.31. The van der Waals surface area contributed by atoms with Crippen LogP contribution in [0.4, 0.5) is 0 Å². The van der Waals surface area contributed by atoms with Crippen molar-refractivity contribution in [2.24, 2.45) is 0 Å². The highest BCUT2D eigenvalue weighted by atomic mass is 15.2. The SMILES string of the molecule is CN1CCC(N(C)Cc2ccccc2CNC2CC2)CC1. The van der Waals surface area contributed by atoms with Gasteiger partial charge in [0.25, 0.3) is 0 Å². The van der Waals surface area contributed by atoms with Crippen LogP contribution in [0.2, 0.25) is 0 Å². The zero-order chi connectivity index (χ0) is 14.7. The van der Waals surface area contributed by atoms with Crippen LogP contribution in [-0.2, 0) is 13.1 Å². The summed E-state index contributed by atoms with van der Waals surface area (Å²) in [4.78, 5) is 5.00. The molecule has 116 valence electrons. The fourth-order valence-electron chi connectivity index (χ4n) is 3.26. The summed E-state index contributed by atoms with van der Waals surface area (Å²) in [6.07, 6.45) is 5.32. The number of benzene rings is 1. The Kier molecular flexibility index (Phi) is 4.94. The number of hydrogen-bond donors (Lipinski definition) is 1. The van der Waals surface area contributed by atoms with Crippen LogP contribution in [0.3, 0.4) is 0 Å². The Balaban J connectivity index is 1.57. The minimum atomic E-state index is 0.741. The highest BCUT2D eigenvalue weighted by Crippen LogP contribution is 2.21. The average molecular weight is 287 g/mol. The third-order valence-electron chi connectivity index (χ3n) is 5.01. The quantitative estimate of drug-likeness (QED) is 0.867. The van der Waals surface area contributed by atoms with Gasteiger partial charge in [0.1, 0.15) is 0 Å². The molecule has 3 heteroatoms. The molecule has 1 N–H and O–H groups in total. The van der Waals surface area contributed by atoms with E-state index in [4.69, 9.17) is 0 Å². The molecule has 1 saturated carbocycles. The number of rotatable bonds is 6. The summed E-state index contributed by atoms with van der Waals surface area (Å²) in [6, 6.07) is 10.5. The molecule has 0 radical (unpaired) electrons. The summed E-state index contributed by atoms with van der Waals surface area (Å²) >= 11 is 0. The molecule has 0 aromatic heterocycles. The van der Waals surface area contributed by atoms with E-state index in [2.05, 4.69) is 53.5 Å². The lowest BCUT2D eigenvalue weighted by Gasteiger charge is -2.35. The van der Waals surface area contributed by atoms with E-state index >= 15 is 0 Å². The maximum absolute atomic E-state index is 3.65. The van der Waals surface area contributed by atoms with E-state index in [1.165, 1.54) is 49.9 Å². The molecule has 3 rings (SSSR count). The van der Waals surface area contributed by atoms with Crippen LogP contribution >= 0.6 is 0 Å². The van der Waals surface area contributed by atoms with Crippen molar-refractivity contribution in [1.82, 2.24) is 15.1 Å². The first-order valence-electron chi connectivity index (χ1n) is 8.41. The van der Waals surface area contributed by atoms with Gasteiger partial charge in [-0.15, -0.1) is 0 Å². The Morgan fingerprint density at radius 3 is 2.43 bits per heavy atom. The second-order valence-electron chi connectivity index (χ2n) is 6.87. The van der Waals surface area contributed by atoms with Crippen molar-refractivity contribution in [3.63, 3.8) is 0 Å². The normalized spacial score (nSPS) is 21.1. The number of nitrogens with one attached hydrogen (secondary N) is 1. The van der Waals surface area contributed by atoms with Gasteiger partial charge in [-0.1, -0.05) is 24.3 Å². The first-order chi connectivity index (χ1) is 10.2. The lowest BCUT2D eigenvalue weighted by atomic mass is 10.0. The van der Waals surface area contributed by atoms with Gasteiger partial charge in [0.15, 0.2) is 0 Å². The topological polar surface area (TPSA) is 18.5 Å². The van der Waals surface area contributed by atoms with Gasteiger partial charge >= 0.3 is 0 Å². The fraction of sp³-hybridized carbons (Fsp3) is 0.667. The first kappa shape index (κ1) is 15.0. The van der Waals surface area contributed by atoms with Crippen LogP contribution in [0, 0.1) is 0 Å². The van der Waals surface area contributed by atoms with Crippen molar-refractivity contribution in [2.45, 2.75) is 50.9 Å². The molecular weight excluding hydrogens is 258 g/mol. The molecule has 1 heterocycles. The van der Waals surface area contributed by atoms with Gasteiger partial charge in [0.2, 0.25) is 0 Å². The smallest absolute Gasteiger partial charge is 0.0236 e. The fourth-order valence-corrected chi connectivity index (χ4v) is 3.26. The van der Waals surface area contributed by atoms with E-state index < -0.39 is 0 Å². The highest BCUT2D eigenvalue weighted by Gasteiger charge is 2.22. The van der Waals surface area contributed by atoms with Crippen LogP contribution in [0.15, 0.2) is 24.3 Å². The molecule has 1 saturated heterocycles. The maximum Gasteiger partial charge on any atom is 0.0236 e. The zero-order valence-corrected chi connectivity index (χ0v) is 13.5. The number of piperidine rings is 1. The second kappa shape index (κ2) is 6.91. The van der Waals surface area contributed by atoms with Crippen LogP contribution < -0.4 is 5.32 Å². The van der Waals surface area contributed by atoms with E-state index in [1.807, 2.05) is 0 Å². The third kappa shape index (κ3) is 4.29. The van der Waals surface area contributed by atoms with E-state index in [1.54, 1.807) is 0 Å². The Labute approximate surface area is 129 Å². The van der Waals surface area contributed by atoms with Crippen molar-refractivity contribution in [3.05, 3.63) is 35.4 Å². The molecule has 0 unspecified atom stereocenters. The molecule has 1 aliphatic heterocycles. The standard InChI is InChI=1S/C18H29N3/c1-20-11-9-18(10-12-20)21(2)14-16-6-4-3-5-15(16)13-19-17-7-8-17/h3-6,17-19H,7-14H2,1-2H3. The first-order valence-corrected chi connectivity index (χ1v) is 8.41. The highest BCUT2D eigenvalue weighted by molar-refractivity contribution is 5.27. The largest absolute Gasteiger partial charge is 0.310 e. The summed E-state index contributed by atoms with van der Waals surface area (Å²) in [6.45, 7) is 4.58. The van der Waals surface area contributed by atoms with Gasteiger partial charge in [-0.25, -0.2) is 0 Å². The monoisotopic (exact) mass is 287 g/mol. The Bertz CT molecular complexity index is 448. The molecule has 0 bridgehead atoms. The number of likely N-dealkylation sites (tertiary alicyclic amines) is 1. The van der Waals surface area contributed by atoms with Crippen LogP contribution in [0.25, 0.3) is 0 Å². The van der Waals surface area contributed by atoms with Crippen molar-refractivity contribution >= 4 is 0 Å². The summed E-state index contributed by atoms with van der Waals surface area (Å²) in [7, 11) is 4.52. The summed E-state index contributed by atoms with van der Waals surface area (Å²) in [5, 5.41) is 3.65. The van der Waals surface area contributed by atoms with Crippen molar-refractivity contribution in [2.75, 3.05) is 27.2 Å². The van der Waals surface area contributed by atoms with E-state index in [0.717, 1.165) is 25.2 Å². The molecule has 1 aromatic carbocycles. The molecule has 2 aliphatic rings. The van der Waals surface area contributed by atoms with Gasteiger partial charge in [-0.3, -0.25) is 4.90 Å². The second-order valence-corrected chi connectivity index (χ2v) is 6.87. The number of nitrogens with zero attached hydrogens (tertiary/aromatic N) is 2. The minimum absolute atomic E-state index is 0.741. The lowest BCUT2D eigenvalue weighted by molar-refractivity contribution is 0.139. The molecule has 0 atom stereocenters. The number of hydrogen-bond acceptors (Lipinski definition) is 3. The van der Waals surface area contributed by atoms with Gasteiger partial charge in [0.05, 0.1) is 0 Å². The van der Waals surface area contributed by atoms with Gasteiger partial charge in [-0.05, 0) is 64.0 Å². The van der Waals surface area contributed by atoms with E-state index in [-0.39, 0.29) is 0 Å². The minimum Gasteiger partial charge on any atom is -0.310 e. The van der Waals surface area contributed by atoms with Gasteiger partial charge in [0, 0.05) is 25.2 Å². The van der Waals surface area contributed by atoms with Crippen molar-refractivity contribution in [3.8, 4) is 0 Å². The summed E-state index contributed by atoms with van der Waals surface area (Å²) in [5.41, 5.74) is 2.97. The van der Waals surface area contributed by atoms with Crippen molar-refractivity contribution in [1.29, 1.82) is 0 Å². The Morgan fingerprint density at radius 2 is 1.76 bits per heavy atom. The lowest BCUT2D eigenvalue weighted by Crippen LogP contribution is -2.41. The summed E-state index contributed by atoms with van der Waals surface area (Å²) < 4.78 is 0. The molecule has 0 spiro atoms. The molecule has 21 heavy (non-hydrogen) atoms. The third-order valence-corrected chi connectivity index (χ3v) is 5.01. The Hall–Kier alpha value is -0.900. The van der Waals surface area contributed by atoms with E-state index in [0.29, 0.717) is 0 Å². The molecule has 1 aromatic rings. The zero-order valence-electron chi connectivity index (χ0n) is 13.5. The predicted octanol–water partition coefficient (Wildman–Crippen LogP) is 2.46. The van der Waals surface area contributed by atoms with Gasteiger partial charge in [-0.2, -0.15) is 0 Å². The molecule has 0 amide bonds. The summed E-state index contributed by atoms with van der Waals surface area (Å²) in [5.74, 6) is 0. The van der Waals surface area contributed by atoms with Crippen molar-refractivity contribution < 1.29 is 0 Å². The molecular formula is C18H29N3. The van der Waals surface area contributed by atoms with Crippen LogP contribution in [0.5, 0.6) is 0 Å². The maximum atomic E-state index is 3.65. The van der Waals surface area contributed by atoms with Gasteiger partial charge < -0.3 is 10.2 Å².